The minimum Gasteiger partial charge on any atom is -0.438 e. The van der Waals surface area contributed by atoms with Gasteiger partial charge in [-0.05, 0) is 62.6 Å². The van der Waals surface area contributed by atoms with Gasteiger partial charge in [0.05, 0.1) is 0 Å². The largest absolute Gasteiger partial charge is 0.438 e. The van der Waals surface area contributed by atoms with E-state index in [1.165, 1.54) is 21.5 Å². The summed E-state index contributed by atoms with van der Waals surface area (Å²) in [5.74, 6) is 1.82. The zero-order valence-electron chi connectivity index (χ0n) is 22.9. The van der Waals surface area contributed by atoms with Gasteiger partial charge in [-0.1, -0.05) is 97.1 Å². The van der Waals surface area contributed by atoms with Crippen LogP contribution in [0.2, 0.25) is 0 Å². The molecule has 0 fully saturated rings. The Kier molecular flexibility index (Phi) is 5.13. The molecule has 0 amide bonds. The molecule has 43 heavy (non-hydrogen) atoms. The number of rotatable bonds is 3. The lowest BCUT2D eigenvalue weighted by Gasteiger charge is -2.11. The number of benzene rings is 6. The molecule has 0 N–H and O–H groups in total. The molecule has 5 nitrogen and oxygen atoms in total. The number of nitrogens with zero attached hydrogens (tertiary/aromatic N) is 4. The molecule has 0 saturated carbocycles. The van der Waals surface area contributed by atoms with Gasteiger partial charge in [0.1, 0.15) is 5.58 Å². The van der Waals surface area contributed by atoms with Crippen LogP contribution in [0.1, 0.15) is 0 Å². The lowest BCUT2D eigenvalue weighted by molar-refractivity contribution is 0.654. The molecular weight excluding hydrogens is 528 g/mol. The molecule has 9 rings (SSSR count). The maximum absolute atomic E-state index is 6.09. The zero-order chi connectivity index (χ0) is 28.3. The van der Waals surface area contributed by atoms with Crippen LogP contribution in [0.15, 0.2) is 138 Å². The maximum atomic E-state index is 6.09. The van der Waals surface area contributed by atoms with Crippen molar-refractivity contribution >= 4 is 54.4 Å². The van der Waals surface area contributed by atoms with E-state index in [0.29, 0.717) is 23.2 Å². The molecule has 200 valence electrons. The fraction of sp³-hybridized carbons (Fsp3) is 0. The van der Waals surface area contributed by atoms with Crippen LogP contribution in [-0.4, -0.2) is 19.9 Å². The third-order valence-electron chi connectivity index (χ3n) is 8.16. The van der Waals surface area contributed by atoms with E-state index < -0.39 is 0 Å². The van der Waals surface area contributed by atoms with Gasteiger partial charge in [0.2, 0.25) is 5.71 Å². The fourth-order valence-electron chi connectivity index (χ4n) is 6.08. The Bertz CT molecular complexity index is 2530. The predicted octanol–water partition coefficient (Wildman–Crippen LogP) is 9.63. The first kappa shape index (κ1) is 23.7. The number of hydrogen-bond donors (Lipinski definition) is 0. The summed E-state index contributed by atoms with van der Waals surface area (Å²) in [5.41, 5.74) is 4.08. The summed E-state index contributed by atoms with van der Waals surface area (Å²) in [5, 5.41) is 8.97. The highest BCUT2D eigenvalue weighted by molar-refractivity contribution is 6.11. The van der Waals surface area contributed by atoms with E-state index in [4.69, 9.17) is 19.4 Å². The van der Waals surface area contributed by atoms with Crippen LogP contribution in [0.5, 0.6) is 0 Å². The van der Waals surface area contributed by atoms with Crippen LogP contribution >= 0.6 is 0 Å². The normalized spacial score (nSPS) is 11.7. The summed E-state index contributed by atoms with van der Waals surface area (Å²) in [6, 6.07) is 43.8. The van der Waals surface area contributed by atoms with Crippen molar-refractivity contribution in [3.05, 3.63) is 134 Å². The van der Waals surface area contributed by atoms with E-state index in [1.807, 2.05) is 36.4 Å². The van der Waals surface area contributed by atoms with Gasteiger partial charge in [-0.15, -0.1) is 0 Å². The molecule has 0 bridgehead atoms. The lowest BCUT2D eigenvalue weighted by Crippen LogP contribution is -2.00. The van der Waals surface area contributed by atoms with Crippen molar-refractivity contribution in [1.82, 2.24) is 19.9 Å². The number of furan rings is 1. The van der Waals surface area contributed by atoms with Gasteiger partial charge >= 0.3 is 0 Å². The Morgan fingerprint density at radius 2 is 1.09 bits per heavy atom. The van der Waals surface area contributed by atoms with Crippen molar-refractivity contribution in [3.63, 3.8) is 0 Å². The minimum absolute atomic E-state index is 0.587. The number of aromatic nitrogens is 4. The Balaban J connectivity index is 1.30. The highest BCUT2D eigenvalue weighted by Crippen LogP contribution is 2.36. The molecule has 0 spiro atoms. The molecule has 0 radical (unpaired) electrons. The van der Waals surface area contributed by atoms with E-state index in [0.717, 1.165) is 43.8 Å². The average molecular weight is 551 g/mol. The van der Waals surface area contributed by atoms with E-state index >= 15 is 0 Å². The lowest BCUT2D eigenvalue weighted by atomic mass is 10.00. The molecule has 0 aliphatic heterocycles. The maximum Gasteiger partial charge on any atom is 0.227 e. The van der Waals surface area contributed by atoms with Crippen LogP contribution in [0.25, 0.3) is 88.5 Å². The Hall–Kier alpha value is -5.94. The third kappa shape index (κ3) is 3.86. The number of fused-ring (bicyclic) bond motifs is 7. The van der Waals surface area contributed by atoms with Crippen LogP contribution < -0.4 is 0 Å². The van der Waals surface area contributed by atoms with Crippen molar-refractivity contribution < 1.29 is 4.42 Å². The summed E-state index contributed by atoms with van der Waals surface area (Å²) in [6.07, 6.45) is 1.74. The Labute approximate surface area is 246 Å². The topological polar surface area (TPSA) is 64.7 Å². The molecule has 9 aromatic rings. The first-order valence-electron chi connectivity index (χ1n) is 14.2. The Morgan fingerprint density at radius 1 is 0.442 bits per heavy atom. The van der Waals surface area contributed by atoms with Gasteiger partial charge in [0, 0.05) is 33.7 Å². The van der Waals surface area contributed by atoms with E-state index in [2.05, 4.69) is 96.0 Å². The van der Waals surface area contributed by atoms with Crippen molar-refractivity contribution in [2.45, 2.75) is 0 Å². The highest BCUT2D eigenvalue weighted by atomic mass is 16.3. The quantitative estimate of drug-likeness (QED) is 0.205. The van der Waals surface area contributed by atoms with Gasteiger partial charge in [0.15, 0.2) is 17.5 Å². The molecule has 3 heterocycles. The van der Waals surface area contributed by atoms with Crippen molar-refractivity contribution in [2.24, 2.45) is 0 Å². The molecule has 0 saturated heterocycles. The summed E-state index contributed by atoms with van der Waals surface area (Å²) >= 11 is 0. The Morgan fingerprint density at radius 3 is 1.98 bits per heavy atom. The van der Waals surface area contributed by atoms with Gasteiger partial charge in [-0.25, -0.2) is 19.9 Å². The number of hydrogen-bond acceptors (Lipinski definition) is 5. The highest BCUT2D eigenvalue weighted by Gasteiger charge is 2.18. The SMILES string of the molecule is c1ccc2cc(-c3nc(-c4ccc5c(ccc6ccccc65)c4)nc(-c4cccc5oc6ncccc6c45)n3)ccc2c1. The van der Waals surface area contributed by atoms with Crippen LogP contribution in [-0.2, 0) is 0 Å². The van der Waals surface area contributed by atoms with Crippen molar-refractivity contribution in [1.29, 1.82) is 0 Å². The molecular formula is C38H22N4O. The second-order valence-electron chi connectivity index (χ2n) is 10.7. The first-order valence-corrected chi connectivity index (χ1v) is 14.2. The summed E-state index contributed by atoms with van der Waals surface area (Å²) in [4.78, 5) is 19.6. The van der Waals surface area contributed by atoms with Crippen LogP contribution in [0.3, 0.4) is 0 Å². The molecule has 0 atom stereocenters. The molecule has 5 heteroatoms. The van der Waals surface area contributed by atoms with Crippen molar-refractivity contribution in [2.75, 3.05) is 0 Å². The fourth-order valence-corrected chi connectivity index (χ4v) is 6.08. The summed E-state index contributed by atoms with van der Waals surface area (Å²) < 4.78 is 6.09. The van der Waals surface area contributed by atoms with Gasteiger partial charge in [-0.3, -0.25) is 0 Å². The molecule has 0 aliphatic rings. The van der Waals surface area contributed by atoms with Gasteiger partial charge < -0.3 is 4.42 Å². The van der Waals surface area contributed by atoms with Crippen molar-refractivity contribution in [3.8, 4) is 34.2 Å². The van der Waals surface area contributed by atoms with Gasteiger partial charge in [0.25, 0.3) is 0 Å². The molecule has 6 aromatic carbocycles. The van der Waals surface area contributed by atoms with E-state index in [9.17, 15) is 0 Å². The van der Waals surface area contributed by atoms with Crippen LogP contribution in [0.4, 0.5) is 0 Å². The molecule has 3 aromatic heterocycles. The van der Waals surface area contributed by atoms with E-state index in [1.54, 1.807) is 6.20 Å². The molecule has 0 aliphatic carbocycles. The average Bonchev–Trinajstić information content (AvgIpc) is 3.46. The second-order valence-corrected chi connectivity index (χ2v) is 10.7. The standard InChI is InChI=1S/C38H22N4O/c1-2-9-25-21-27(17-14-23(25)7-1)35-40-36(28-18-19-30-26(22-28)16-15-24-8-3-4-10-29(24)30)42-37(41-35)31-11-5-13-33-34(31)32-12-6-20-39-38(32)43-33/h1-22H. The van der Waals surface area contributed by atoms with Crippen LogP contribution in [0, 0.1) is 0 Å². The van der Waals surface area contributed by atoms with Gasteiger partial charge in [-0.2, -0.15) is 0 Å². The first-order chi connectivity index (χ1) is 21.3. The number of pyridine rings is 1. The smallest absolute Gasteiger partial charge is 0.227 e. The second kappa shape index (κ2) is 9.29. The third-order valence-corrected chi connectivity index (χ3v) is 8.16. The monoisotopic (exact) mass is 550 g/mol. The summed E-state index contributed by atoms with van der Waals surface area (Å²) in [6.45, 7) is 0. The minimum atomic E-state index is 0.587. The molecule has 0 unspecified atom stereocenters. The predicted molar refractivity (Wildman–Crippen MR) is 174 cm³/mol. The zero-order valence-corrected chi connectivity index (χ0v) is 22.9. The summed E-state index contributed by atoms with van der Waals surface area (Å²) in [7, 11) is 0. The van der Waals surface area contributed by atoms with E-state index in [-0.39, 0.29) is 0 Å².